The number of unbranched alkanes of at least 4 members (excludes halogenated alkanes) is 3. The molecule has 1 aromatic carbocycles. The van der Waals surface area contributed by atoms with Crippen molar-refractivity contribution in [1.29, 1.82) is 0 Å². The Morgan fingerprint density at radius 1 is 1.18 bits per heavy atom. The Hall–Kier alpha value is -1.89. The number of aliphatic hydroxyl groups excluding tert-OH is 3. The highest BCUT2D eigenvalue weighted by Crippen LogP contribution is 2.38. The average Bonchev–Trinajstić information content (AvgIpc) is 2.88. The zero-order valence-electron chi connectivity index (χ0n) is 22.3. The highest BCUT2D eigenvalue weighted by molar-refractivity contribution is 14.1. The van der Waals surface area contributed by atoms with Crippen molar-refractivity contribution in [3.05, 3.63) is 32.9 Å². The van der Waals surface area contributed by atoms with Gasteiger partial charge in [0.1, 0.15) is 12.2 Å². The van der Waals surface area contributed by atoms with Crippen molar-refractivity contribution in [2.45, 2.75) is 83.1 Å². The fourth-order valence-electron chi connectivity index (χ4n) is 4.93. The molecule has 212 valence electrons. The normalized spacial score (nSPS) is 21.3. The number of nitrogens with zero attached hydrogens (tertiary/aromatic N) is 1. The summed E-state index contributed by atoms with van der Waals surface area (Å²) in [4.78, 5) is 28.3. The van der Waals surface area contributed by atoms with Crippen LogP contribution in [0.15, 0.2) is 23.8 Å². The van der Waals surface area contributed by atoms with Crippen molar-refractivity contribution in [2.75, 3.05) is 26.8 Å². The number of nitrogens with one attached hydrogen (secondary N) is 1. The van der Waals surface area contributed by atoms with E-state index in [1.807, 2.05) is 0 Å². The Bertz CT molecular complexity index is 982. The Morgan fingerprint density at radius 2 is 1.95 bits per heavy atom. The number of ether oxygens (including phenoxy) is 2. The van der Waals surface area contributed by atoms with E-state index in [9.17, 15) is 24.9 Å². The van der Waals surface area contributed by atoms with Crippen molar-refractivity contribution in [3.63, 3.8) is 0 Å². The van der Waals surface area contributed by atoms with Crippen LogP contribution in [0.25, 0.3) is 0 Å². The second kappa shape index (κ2) is 15.0. The topological polar surface area (TPSA) is 129 Å². The molecule has 38 heavy (non-hydrogen) atoms. The Kier molecular flexibility index (Phi) is 12.1. The number of carbonyl (C=O) groups excluding carboxylic acids is 2. The molecule has 4 N–H and O–H groups in total. The van der Waals surface area contributed by atoms with Gasteiger partial charge in [-0.2, -0.15) is 0 Å². The maximum atomic E-state index is 13.5. The summed E-state index contributed by atoms with van der Waals surface area (Å²) < 4.78 is 12.5. The van der Waals surface area contributed by atoms with Crippen LogP contribution in [0.5, 0.6) is 11.5 Å². The molecule has 1 fully saturated rings. The SMILES string of the molecule is CCCCCCN(C(=O)C1CCC1)[C@@H]1CC(C(=O)NCCO)=C[C@H](Oc2c(I)cc(CO)cc2OC)[C@H]1O. The summed E-state index contributed by atoms with van der Waals surface area (Å²) in [5, 5.41) is 33.1. The van der Waals surface area contributed by atoms with Crippen LogP contribution in [0.1, 0.15) is 63.9 Å². The van der Waals surface area contributed by atoms with Gasteiger partial charge >= 0.3 is 0 Å². The lowest BCUT2D eigenvalue weighted by molar-refractivity contribution is -0.145. The first-order valence-corrected chi connectivity index (χ1v) is 14.6. The van der Waals surface area contributed by atoms with Crippen molar-refractivity contribution in [2.24, 2.45) is 5.92 Å². The molecule has 2 aliphatic carbocycles. The summed E-state index contributed by atoms with van der Waals surface area (Å²) >= 11 is 2.09. The van der Waals surface area contributed by atoms with Gasteiger partial charge < -0.3 is 35.0 Å². The second-order valence-electron chi connectivity index (χ2n) is 10.0. The number of hydrogen-bond donors (Lipinski definition) is 4. The van der Waals surface area contributed by atoms with Crippen LogP contribution < -0.4 is 14.8 Å². The molecular weight excluding hydrogens is 603 g/mol. The summed E-state index contributed by atoms with van der Waals surface area (Å²) in [5.41, 5.74) is 1.06. The van der Waals surface area contributed by atoms with Crippen molar-refractivity contribution in [1.82, 2.24) is 10.2 Å². The summed E-state index contributed by atoms with van der Waals surface area (Å²) in [6, 6.07) is 2.81. The Morgan fingerprint density at radius 3 is 2.55 bits per heavy atom. The molecule has 3 atom stereocenters. The molecule has 2 aliphatic rings. The maximum Gasteiger partial charge on any atom is 0.247 e. The summed E-state index contributed by atoms with van der Waals surface area (Å²) in [7, 11) is 1.50. The summed E-state index contributed by atoms with van der Waals surface area (Å²) in [6.07, 6.45) is 6.48. The molecule has 0 radical (unpaired) electrons. The predicted molar refractivity (Wildman–Crippen MR) is 152 cm³/mol. The smallest absolute Gasteiger partial charge is 0.247 e. The van der Waals surface area contributed by atoms with Gasteiger partial charge in [0.25, 0.3) is 0 Å². The van der Waals surface area contributed by atoms with Crippen molar-refractivity contribution in [3.8, 4) is 11.5 Å². The Labute approximate surface area is 238 Å². The van der Waals surface area contributed by atoms with E-state index >= 15 is 0 Å². The van der Waals surface area contributed by atoms with Crippen LogP contribution in [-0.4, -0.2) is 77.1 Å². The van der Waals surface area contributed by atoms with Crippen LogP contribution in [-0.2, 0) is 16.2 Å². The third-order valence-electron chi connectivity index (χ3n) is 7.33. The van der Waals surface area contributed by atoms with Crippen LogP contribution >= 0.6 is 22.6 Å². The van der Waals surface area contributed by atoms with Gasteiger partial charge in [-0.05, 0) is 65.6 Å². The van der Waals surface area contributed by atoms with Crippen LogP contribution in [0, 0.1) is 9.49 Å². The van der Waals surface area contributed by atoms with Gasteiger partial charge in [-0.15, -0.1) is 0 Å². The number of aliphatic hydroxyl groups is 3. The number of benzene rings is 1. The van der Waals surface area contributed by atoms with E-state index in [1.54, 1.807) is 23.1 Å². The fourth-order valence-corrected chi connectivity index (χ4v) is 5.73. The van der Waals surface area contributed by atoms with E-state index in [0.29, 0.717) is 32.8 Å². The molecule has 0 aromatic heterocycles. The van der Waals surface area contributed by atoms with E-state index in [-0.39, 0.29) is 43.9 Å². The van der Waals surface area contributed by atoms with E-state index in [1.165, 1.54) is 7.11 Å². The molecule has 0 bridgehead atoms. The molecule has 0 aliphatic heterocycles. The number of hydrogen-bond acceptors (Lipinski definition) is 7. The summed E-state index contributed by atoms with van der Waals surface area (Å²) in [5.74, 6) is 0.423. The first kappa shape index (κ1) is 30.6. The molecule has 2 amide bonds. The van der Waals surface area contributed by atoms with Crippen molar-refractivity contribution < 1.29 is 34.4 Å². The zero-order valence-corrected chi connectivity index (χ0v) is 24.5. The number of rotatable bonds is 14. The largest absolute Gasteiger partial charge is 0.493 e. The molecule has 0 spiro atoms. The number of carbonyl (C=O) groups is 2. The minimum Gasteiger partial charge on any atom is -0.493 e. The molecule has 0 saturated heterocycles. The molecule has 9 nitrogen and oxygen atoms in total. The molecule has 0 heterocycles. The highest BCUT2D eigenvalue weighted by atomic mass is 127. The zero-order chi connectivity index (χ0) is 27.7. The van der Waals surface area contributed by atoms with E-state index in [2.05, 4.69) is 34.8 Å². The van der Waals surface area contributed by atoms with Crippen LogP contribution in [0.4, 0.5) is 0 Å². The van der Waals surface area contributed by atoms with Gasteiger partial charge in [-0.3, -0.25) is 9.59 Å². The minimum absolute atomic E-state index is 0.0343. The van der Waals surface area contributed by atoms with Gasteiger partial charge in [0.05, 0.1) is 29.9 Å². The fraction of sp³-hybridized carbons (Fsp3) is 0.643. The average molecular weight is 645 g/mol. The standard InChI is InChI=1S/C28H41IN2O7/c1-3-4-5-6-11-31(28(36)19-8-7-9-19)22-15-20(27(35)30-10-12-32)16-23(25(22)34)38-26-21(29)13-18(17-33)14-24(26)37-2/h13-14,16,19,22-23,25,32-34H,3-12,15,17H2,1-2H3,(H,30,35)/t22-,23+,25+/m1/s1. The third-order valence-corrected chi connectivity index (χ3v) is 8.13. The summed E-state index contributed by atoms with van der Waals surface area (Å²) in [6.45, 7) is 2.40. The predicted octanol–water partition coefficient (Wildman–Crippen LogP) is 2.92. The van der Waals surface area contributed by atoms with E-state index < -0.39 is 18.2 Å². The van der Waals surface area contributed by atoms with Crippen LogP contribution in [0.2, 0.25) is 0 Å². The van der Waals surface area contributed by atoms with Gasteiger partial charge in [0.15, 0.2) is 11.5 Å². The van der Waals surface area contributed by atoms with Crippen molar-refractivity contribution >= 4 is 34.4 Å². The first-order chi connectivity index (χ1) is 18.3. The lowest BCUT2D eigenvalue weighted by Crippen LogP contribution is -2.56. The molecule has 1 aromatic rings. The molecule has 1 saturated carbocycles. The van der Waals surface area contributed by atoms with E-state index in [4.69, 9.17) is 9.47 Å². The molecule has 10 heteroatoms. The van der Waals surface area contributed by atoms with E-state index in [0.717, 1.165) is 44.9 Å². The minimum atomic E-state index is -1.07. The number of amides is 2. The molecule has 0 unspecified atom stereocenters. The first-order valence-electron chi connectivity index (χ1n) is 13.6. The number of halogens is 1. The molecule has 3 rings (SSSR count). The van der Waals surface area contributed by atoms with Crippen LogP contribution in [0.3, 0.4) is 0 Å². The Balaban J connectivity index is 1.95. The lowest BCUT2D eigenvalue weighted by Gasteiger charge is -2.43. The number of methoxy groups -OCH3 is 1. The van der Waals surface area contributed by atoms with Gasteiger partial charge in [-0.25, -0.2) is 0 Å². The second-order valence-corrected chi connectivity index (χ2v) is 11.2. The maximum absolute atomic E-state index is 13.5. The monoisotopic (exact) mass is 644 g/mol. The lowest BCUT2D eigenvalue weighted by atomic mass is 9.82. The quantitative estimate of drug-likeness (QED) is 0.181. The third kappa shape index (κ3) is 7.61. The van der Waals surface area contributed by atoms with Gasteiger partial charge in [0.2, 0.25) is 11.8 Å². The van der Waals surface area contributed by atoms with Gasteiger partial charge in [-0.1, -0.05) is 32.6 Å². The van der Waals surface area contributed by atoms with Gasteiger partial charge in [0, 0.05) is 31.0 Å². The highest BCUT2D eigenvalue weighted by Gasteiger charge is 2.42. The molecular formula is C28H41IN2O7.